The minimum Gasteiger partial charge on any atom is -0.477 e. The molecule has 0 aliphatic heterocycles. The second-order valence-electron chi connectivity index (χ2n) is 3.79. The Morgan fingerprint density at radius 2 is 2.11 bits per heavy atom. The van der Waals surface area contributed by atoms with E-state index in [4.69, 9.17) is 23.2 Å². The first-order valence-corrected chi connectivity index (χ1v) is 6.79. The van der Waals surface area contributed by atoms with Crippen molar-refractivity contribution >= 4 is 45.5 Å². The van der Waals surface area contributed by atoms with Crippen LogP contribution in [0.5, 0.6) is 0 Å². The molecule has 0 amide bonds. The highest BCUT2D eigenvalue weighted by atomic mass is 35.5. The Morgan fingerprint density at radius 1 is 1.32 bits per heavy atom. The predicted molar refractivity (Wildman–Crippen MR) is 75.5 cm³/mol. The van der Waals surface area contributed by atoms with E-state index in [2.05, 4.69) is 4.98 Å². The number of imidazole rings is 1. The number of carboxylic acid groups (broad SMARTS) is 1. The quantitative estimate of drug-likeness (QED) is 0.776. The van der Waals surface area contributed by atoms with Crippen molar-refractivity contribution in [2.45, 2.75) is 0 Å². The molecule has 96 valence electrons. The van der Waals surface area contributed by atoms with Crippen molar-refractivity contribution in [1.82, 2.24) is 9.38 Å². The second-order valence-corrected chi connectivity index (χ2v) is 5.59. The molecular weight excluding hydrogens is 307 g/mol. The van der Waals surface area contributed by atoms with Crippen LogP contribution in [0.4, 0.5) is 0 Å². The van der Waals surface area contributed by atoms with Crippen LogP contribution in [0.25, 0.3) is 16.2 Å². The third-order valence-electron chi connectivity index (χ3n) is 2.64. The highest BCUT2D eigenvalue weighted by molar-refractivity contribution is 7.19. The van der Waals surface area contributed by atoms with Crippen LogP contribution < -0.4 is 0 Å². The molecule has 1 aromatic carbocycles. The summed E-state index contributed by atoms with van der Waals surface area (Å²) in [7, 11) is 0. The van der Waals surface area contributed by atoms with Crippen LogP contribution in [0.15, 0.2) is 30.6 Å². The van der Waals surface area contributed by atoms with Gasteiger partial charge in [-0.3, -0.25) is 4.40 Å². The lowest BCUT2D eigenvalue weighted by molar-refractivity contribution is 0.0702. The van der Waals surface area contributed by atoms with Gasteiger partial charge < -0.3 is 5.11 Å². The van der Waals surface area contributed by atoms with Crippen molar-refractivity contribution in [1.29, 1.82) is 0 Å². The van der Waals surface area contributed by atoms with Crippen molar-refractivity contribution < 1.29 is 9.90 Å². The SMILES string of the molecule is O=C(O)c1sc2nccn2c1-c1ccc(Cl)c(Cl)c1. The van der Waals surface area contributed by atoms with Crippen molar-refractivity contribution in [3.8, 4) is 11.3 Å². The fraction of sp³-hybridized carbons (Fsp3) is 0. The van der Waals surface area contributed by atoms with Gasteiger partial charge in [0.25, 0.3) is 0 Å². The molecule has 0 bridgehead atoms. The Hall–Kier alpha value is -1.56. The number of fused-ring (bicyclic) bond motifs is 1. The van der Waals surface area contributed by atoms with Crippen LogP contribution in [-0.4, -0.2) is 20.5 Å². The van der Waals surface area contributed by atoms with E-state index in [1.165, 1.54) is 0 Å². The average molecular weight is 313 g/mol. The van der Waals surface area contributed by atoms with Gasteiger partial charge in [-0.15, -0.1) is 0 Å². The molecule has 2 aromatic heterocycles. The van der Waals surface area contributed by atoms with Crippen molar-refractivity contribution in [3.05, 3.63) is 45.5 Å². The molecule has 0 aliphatic rings. The number of halogens is 2. The van der Waals surface area contributed by atoms with Crippen molar-refractivity contribution in [3.63, 3.8) is 0 Å². The summed E-state index contributed by atoms with van der Waals surface area (Å²) in [5.41, 5.74) is 1.25. The smallest absolute Gasteiger partial charge is 0.348 e. The van der Waals surface area contributed by atoms with Gasteiger partial charge in [0.1, 0.15) is 4.88 Å². The fourth-order valence-corrected chi connectivity index (χ4v) is 3.09. The molecule has 19 heavy (non-hydrogen) atoms. The Kier molecular flexibility index (Phi) is 2.97. The number of benzene rings is 1. The molecule has 0 radical (unpaired) electrons. The first-order valence-electron chi connectivity index (χ1n) is 5.22. The molecule has 0 unspecified atom stereocenters. The molecule has 0 fully saturated rings. The number of carbonyl (C=O) groups is 1. The van der Waals surface area contributed by atoms with E-state index in [-0.39, 0.29) is 4.88 Å². The van der Waals surface area contributed by atoms with E-state index >= 15 is 0 Å². The number of carboxylic acids is 1. The molecule has 0 spiro atoms. The van der Waals surface area contributed by atoms with E-state index in [1.807, 2.05) is 0 Å². The lowest BCUT2D eigenvalue weighted by atomic mass is 10.1. The predicted octanol–water partition coefficient (Wildman–Crippen LogP) is 4.07. The van der Waals surface area contributed by atoms with Gasteiger partial charge in [0, 0.05) is 18.0 Å². The van der Waals surface area contributed by atoms with Crippen LogP contribution in [-0.2, 0) is 0 Å². The fourth-order valence-electron chi connectivity index (χ4n) is 1.84. The summed E-state index contributed by atoms with van der Waals surface area (Å²) in [5, 5.41) is 10.1. The molecule has 0 aliphatic carbocycles. The van der Waals surface area contributed by atoms with E-state index < -0.39 is 5.97 Å². The third-order valence-corrected chi connectivity index (χ3v) is 4.44. The number of thiazole rings is 1. The summed E-state index contributed by atoms with van der Waals surface area (Å²) in [6.07, 6.45) is 3.34. The van der Waals surface area contributed by atoms with Crippen LogP contribution in [0, 0.1) is 0 Å². The first-order chi connectivity index (χ1) is 9.08. The van der Waals surface area contributed by atoms with Gasteiger partial charge in [0.05, 0.1) is 15.7 Å². The van der Waals surface area contributed by atoms with Crippen molar-refractivity contribution in [2.24, 2.45) is 0 Å². The van der Waals surface area contributed by atoms with E-state index in [1.54, 1.807) is 35.0 Å². The minimum absolute atomic E-state index is 0.224. The molecule has 0 atom stereocenters. The number of nitrogens with zero attached hydrogens (tertiary/aromatic N) is 2. The maximum absolute atomic E-state index is 11.3. The van der Waals surface area contributed by atoms with Crippen LogP contribution in [0.2, 0.25) is 10.0 Å². The number of hydrogen-bond donors (Lipinski definition) is 1. The largest absolute Gasteiger partial charge is 0.477 e. The maximum atomic E-state index is 11.3. The number of aromatic carboxylic acids is 1. The average Bonchev–Trinajstić information content (AvgIpc) is 2.92. The third kappa shape index (κ3) is 2.00. The van der Waals surface area contributed by atoms with Gasteiger partial charge in [0.15, 0.2) is 4.96 Å². The monoisotopic (exact) mass is 312 g/mol. The molecule has 0 saturated carbocycles. The van der Waals surface area contributed by atoms with E-state index in [9.17, 15) is 9.90 Å². The van der Waals surface area contributed by atoms with Crippen LogP contribution >= 0.6 is 34.5 Å². The lowest BCUT2D eigenvalue weighted by Gasteiger charge is -2.04. The summed E-state index contributed by atoms with van der Waals surface area (Å²) in [4.78, 5) is 16.3. The van der Waals surface area contributed by atoms with Crippen molar-refractivity contribution in [2.75, 3.05) is 0 Å². The Labute approximate surface area is 121 Å². The number of rotatable bonds is 2. The van der Waals surface area contributed by atoms with Gasteiger partial charge >= 0.3 is 5.97 Å². The molecule has 7 heteroatoms. The van der Waals surface area contributed by atoms with Gasteiger partial charge in [-0.2, -0.15) is 0 Å². The normalized spacial score (nSPS) is 11.1. The van der Waals surface area contributed by atoms with Gasteiger partial charge in [-0.05, 0) is 12.1 Å². The number of aromatic nitrogens is 2. The van der Waals surface area contributed by atoms with Crippen LogP contribution in [0.1, 0.15) is 9.67 Å². The summed E-state index contributed by atoms with van der Waals surface area (Å²) >= 11 is 13.0. The molecule has 1 N–H and O–H groups in total. The molecule has 2 heterocycles. The summed E-state index contributed by atoms with van der Waals surface area (Å²) < 4.78 is 1.73. The molecular formula is C12H6Cl2N2O2S. The maximum Gasteiger partial charge on any atom is 0.348 e. The zero-order valence-electron chi connectivity index (χ0n) is 9.30. The Balaban J connectivity index is 2.32. The lowest BCUT2D eigenvalue weighted by Crippen LogP contribution is -1.97. The zero-order chi connectivity index (χ0) is 13.6. The van der Waals surface area contributed by atoms with Crippen LogP contribution in [0.3, 0.4) is 0 Å². The molecule has 3 aromatic rings. The highest BCUT2D eigenvalue weighted by Crippen LogP contribution is 2.34. The second kappa shape index (κ2) is 4.52. The summed E-state index contributed by atoms with van der Waals surface area (Å²) in [6.45, 7) is 0. The first kappa shape index (κ1) is 12.5. The van der Waals surface area contributed by atoms with Gasteiger partial charge in [-0.1, -0.05) is 40.6 Å². The Bertz CT molecular complexity index is 794. The Morgan fingerprint density at radius 3 is 2.79 bits per heavy atom. The molecule has 4 nitrogen and oxygen atoms in total. The summed E-state index contributed by atoms with van der Waals surface area (Å²) in [5.74, 6) is -0.989. The molecule has 0 saturated heterocycles. The summed E-state index contributed by atoms with van der Waals surface area (Å²) in [6, 6.07) is 5.03. The van der Waals surface area contributed by atoms with E-state index in [0.29, 0.717) is 26.3 Å². The van der Waals surface area contributed by atoms with Gasteiger partial charge in [0.2, 0.25) is 0 Å². The zero-order valence-corrected chi connectivity index (χ0v) is 11.6. The minimum atomic E-state index is -0.989. The highest BCUT2D eigenvalue weighted by Gasteiger charge is 2.20. The van der Waals surface area contributed by atoms with Gasteiger partial charge in [-0.25, -0.2) is 9.78 Å². The molecule has 3 rings (SSSR count). The standard InChI is InChI=1S/C12H6Cl2N2O2S/c13-7-2-1-6(5-8(7)14)9-10(11(17)18)19-12-15-3-4-16(9)12/h1-5H,(H,17,18). The van der Waals surface area contributed by atoms with E-state index in [0.717, 1.165) is 11.3 Å². The number of hydrogen-bond acceptors (Lipinski definition) is 3. The topological polar surface area (TPSA) is 54.6 Å².